The Hall–Kier alpha value is -0.610. The summed E-state index contributed by atoms with van der Waals surface area (Å²) in [5.74, 6) is 0.716. The second-order valence-electron chi connectivity index (χ2n) is 6.26. The minimum Gasteiger partial charge on any atom is -0.396 e. The van der Waals surface area contributed by atoms with Crippen molar-refractivity contribution in [3.8, 4) is 0 Å². The molecule has 0 aromatic heterocycles. The van der Waals surface area contributed by atoms with Crippen LogP contribution in [0.25, 0.3) is 0 Å². The number of rotatable bonds is 9. The maximum absolute atomic E-state index is 11.7. The molecule has 1 saturated heterocycles. The highest BCUT2D eigenvalue weighted by Crippen LogP contribution is 2.31. The minimum atomic E-state index is -0.0275. The van der Waals surface area contributed by atoms with Crippen molar-refractivity contribution in [2.45, 2.75) is 45.6 Å². The molecule has 0 aromatic rings. The molecule has 4 N–H and O–H groups in total. The highest BCUT2D eigenvalue weighted by Gasteiger charge is 2.34. The topological polar surface area (TPSA) is 95.0 Å². The molecular formula is C16H33IN4O3. The van der Waals surface area contributed by atoms with Crippen LogP contribution in [0.1, 0.15) is 39.5 Å². The zero-order chi connectivity index (χ0) is 17.1. The zero-order valence-corrected chi connectivity index (χ0v) is 17.4. The number of aliphatic hydroxyl groups is 1. The van der Waals surface area contributed by atoms with Gasteiger partial charge in [-0.2, -0.15) is 0 Å². The highest BCUT2D eigenvalue weighted by atomic mass is 127. The maximum Gasteiger partial charge on any atom is 0.221 e. The van der Waals surface area contributed by atoms with Crippen LogP contribution in [-0.2, 0) is 9.53 Å². The SMILES string of the molecule is CCC(C)NC(=O)CCNC(=NC)NCC1(CCO)CCOC1.I. The van der Waals surface area contributed by atoms with Gasteiger partial charge in [0.25, 0.3) is 0 Å². The number of ether oxygens (including phenoxy) is 1. The molecule has 0 aromatic carbocycles. The number of aliphatic hydroxyl groups excluding tert-OH is 1. The molecule has 1 fully saturated rings. The zero-order valence-electron chi connectivity index (χ0n) is 15.1. The number of halogens is 1. The molecular weight excluding hydrogens is 423 g/mol. The first kappa shape index (κ1) is 23.4. The van der Waals surface area contributed by atoms with E-state index in [1.54, 1.807) is 7.05 Å². The Kier molecular flexibility index (Phi) is 12.4. The molecule has 1 aliphatic rings. The van der Waals surface area contributed by atoms with E-state index in [1.165, 1.54) is 0 Å². The Balaban J connectivity index is 0.00000529. The van der Waals surface area contributed by atoms with Gasteiger partial charge < -0.3 is 25.8 Å². The van der Waals surface area contributed by atoms with E-state index in [0.29, 0.717) is 38.5 Å². The molecule has 0 aliphatic carbocycles. The van der Waals surface area contributed by atoms with Gasteiger partial charge in [-0.05, 0) is 26.2 Å². The maximum atomic E-state index is 11.7. The average Bonchev–Trinajstić information content (AvgIpc) is 2.99. The van der Waals surface area contributed by atoms with Gasteiger partial charge in [-0.1, -0.05) is 6.92 Å². The van der Waals surface area contributed by atoms with Gasteiger partial charge in [0, 0.05) is 51.2 Å². The Morgan fingerprint density at radius 2 is 2.17 bits per heavy atom. The van der Waals surface area contributed by atoms with Crippen LogP contribution in [0.15, 0.2) is 4.99 Å². The van der Waals surface area contributed by atoms with E-state index in [1.807, 2.05) is 13.8 Å². The number of hydrogen-bond donors (Lipinski definition) is 4. The minimum absolute atomic E-state index is 0. The van der Waals surface area contributed by atoms with Crippen molar-refractivity contribution in [3.63, 3.8) is 0 Å². The quantitative estimate of drug-likeness (QED) is 0.235. The van der Waals surface area contributed by atoms with Crippen LogP contribution in [0.2, 0.25) is 0 Å². The number of hydrogen-bond acceptors (Lipinski definition) is 4. The molecule has 7 nitrogen and oxygen atoms in total. The van der Waals surface area contributed by atoms with Gasteiger partial charge in [0.05, 0.1) is 6.61 Å². The largest absolute Gasteiger partial charge is 0.396 e. The van der Waals surface area contributed by atoms with Crippen LogP contribution in [0.5, 0.6) is 0 Å². The normalized spacial score (nSPS) is 21.8. The first-order valence-electron chi connectivity index (χ1n) is 8.47. The fourth-order valence-electron chi connectivity index (χ4n) is 2.55. The summed E-state index contributed by atoms with van der Waals surface area (Å²) in [4.78, 5) is 15.9. The van der Waals surface area contributed by atoms with Gasteiger partial charge in [-0.25, -0.2) is 0 Å². The van der Waals surface area contributed by atoms with Crippen molar-refractivity contribution in [2.24, 2.45) is 10.4 Å². The van der Waals surface area contributed by atoms with Crippen LogP contribution in [0, 0.1) is 5.41 Å². The fourth-order valence-corrected chi connectivity index (χ4v) is 2.55. The number of carbonyl (C=O) groups is 1. The molecule has 0 radical (unpaired) electrons. The molecule has 1 amide bonds. The van der Waals surface area contributed by atoms with E-state index in [2.05, 4.69) is 20.9 Å². The third-order valence-corrected chi connectivity index (χ3v) is 4.35. The van der Waals surface area contributed by atoms with Crippen LogP contribution in [-0.4, -0.2) is 63.0 Å². The summed E-state index contributed by atoms with van der Waals surface area (Å²) >= 11 is 0. The molecule has 1 rings (SSSR count). The molecule has 142 valence electrons. The van der Waals surface area contributed by atoms with E-state index < -0.39 is 0 Å². The van der Waals surface area contributed by atoms with Crippen molar-refractivity contribution in [3.05, 3.63) is 0 Å². The Bertz CT molecular complexity index is 388. The number of guanidine groups is 1. The van der Waals surface area contributed by atoms with Gasteiger partial charge >= 0.3 is 0 Å². The lowest BCUT2D eigenvalue weighted by Gasteiger charge is -2.27. The third kappa shape index (κ3) is 8.48. The molecule has 0 bridgehead atoms. The smallest absolute Gasteiger partial charge is 0.221 e. The lowest BCUT2D eigenvalue weighted by atomic mass is 9.84. The fraction of sp³-hybridized carbons (Fsp3) is 0.875. The predicted octanol–water partition coefficient (Wildman–Crippen LogP) is 0.863. The van der Waals surface area contributed by atoms with Gasteiger partial charge in [-0.15, -0.1) is 24.0 Å². The summed E-state index contributed by atoms with van der Waals surface area (Å²) in [5.41, 5.74) is -0.0275. The van der Waals surface area contributed by atoms with Crippen LogP contribution >= 0.6 is 24.0 Å². The van der Waals surface area contributed by atoms with Gasteiger partial charge in [0.1, 0.15) is 0 Å². The van der Waals surface area contributed by atoms with E-state index >= 15 is 0 Å². The Morgan fingerprint density at radius 1 is 1.42 bits per heavy atom. The second-order valence-corrected chi connectivity index (χ2v) is 6.26. The summed E-state index contributed by atoms with van der Waals surface area (Å²) in [6.45, 7) is 6.84. The number of nitrogens with one attached hydrogen (secondary N) is 3. The van der Waals surface area contributed by atoms with E-state index in [-0.39, 0.29) is 47.9 Å². The number of nitrogens with zero attached hydrogens (tertiary/aromatic N) is 1. The molecule has 0 spiro atoms. The van der Waals surface area contributed by atoms with Crippen LogP contribution < -0.4 is 16.0 Å². The summed E-state index contributed by atoms with van der Waals surface area (Å²) in [6, 6.07) is 0.209. The summed E-state index contributed by atoms with van der Waals surface area (Å²) < 4.78 is 5.47. The first-order chi connectivity index (χ1) is 11.0. The summed E-state index contributed by atoms with van der Waals surface area (Å²) in [5, 5.41) is 18.6. The average molecular weight is 456 g/mol. The standard InChI is InChI=1S/C16H32N4O3.HI/c1-4-13(2)20-14(22)5-8-18-15(17-3)19-11-16(6-9-21)7-10-23-12-16;/h13,21H,4-12H2,1-3H3,(H,20,22)(H2,17,18,19);1H. The van der Waals surface area contributed by atoms with Gasteiger partial charge in [-0.3, -0.25) is 9.79 Å². The summed E-state index contributed by atoms with van der Waals surface area (Å²) in [7, 11) is 1.71. The van der Waals surface area contributed by atoms with Gasteiger partial charge in [0.15, 0.2) is 5.96 Å². The second kappa shape index (κ2) is 12.7. The molecule has 0 saturated carbocycles. The van der Waals surface area contributed by atoms with Gasteiger partial charge in [0.2, 0.25) is 5.91 Å². The van der Waals surface area contributed by atoms with E-state index in [4.69, 9.17) is 4.74 Å². The van der Waals surface area contributed by atoms with Crippen LogP contribution in [0.4, 0.5) is 0 Å². The molecule has 1 heterocycles. The van der Waals surface area contributed by atoms with Crippen molar-refractivity contribution < 1.29 is 14.6 Å². The Labute approximate surface area is 162 Å². The molecule has 24 heavy (non-hydrogen) atoms. The predicted molar refractivity (Wildman–Crippen MR) is 107 cm³/mol. The molecule has 2 atom stereocenters. The van der Waals surface area contributed by atoms with E-state index in [9.17, 15) is 9.90 Å². The Morgan fingerprint density at radius 3 is 2.71 bits per heavy atom. The van der Waals surface area contributed by atoms with Crippen molar-refractivity contribution in [1.29, 1.82) is 0 Å². The lowest BCUT2D eigenvalue weighted by Crippen LogP contribution is -2.45. The van der Waals surface area contributed by atoms with Crippen molar-refractivity contribution in [1.82, 2.24) is 16.0 Å². The molecule has 2 unspecified atom stereocenters. The van der Waals surface area contributed by atoms with Crippen molar-refractivity contribution in [2.75, 3.05) is 40.0 Å². The van der Waals surface area contributed by atoms with E-state index in [0.717, 1.165) is 19.4 Å². The van der Waals surface area contributed by atoms with Crippen molar-refractivity contribution >= 4 is 35.8 Å². The monoisotopic (exact) mass is 456 g/mol. The highest BCUT2D eigenvalue weighted by molar-refractivity contribution is 14.0. The number of carbonyl (C=O) groups excluding carboxylic acids is 1. The summed E-state index contributed by atoms with van der Waals surface area (Å²) in [6.07, 6.45) is 3.00. The molecule has 1 aliphatic heterocycles. The van der Waals surface area contributed by atoms with Crippen LogP contribution in [0.3, 0.4) is 0 Å². The lowest BCUT2D eigenvalue weighted by molar-refractivity contribution is -0.121. The molecule has 8 heteroatoms. The first-order valence-corrected chi connectivity index (χ1v) is 8.47. The number of aliphatic imine (C=N–C) groups is 1. The number of amides is 1. The third-order valence-electron chi connectivity index (χ3n) is 4.35.